The number of rotatable bonds is 11. The highest BCUT2D eigenvalue weighted by Gasteiger charge is 2.30. The fourth-order valence-electron chi connectivity index (χ4n) is 4.68. The van der Waals surface area contributed by atoms with Gasteiger partial charge in [-0.3, -0.25) is 9.59 Å². The van der Waals surface area contributed by atoms with E-state index in [1.165, 1.54) is 5.39 Å². The Kier molecular flexibility index (Phi) is 9.72. The Morgan fingerprint density at radius 2 is 1.53 bits per heavy atom. The second kappa shape index (κ2) is 13.4. The van der Waals surface area contributed by atoms with Crippen molar-refractivity contribution in [3.05, 3.63) is 118 Å². The van der Waals surface area contributed by atoms with Crippen LogP contribution in [0.25, 0.3) is 10.8 Å². The lowest BCUT2D eigenvalue weighted by Crippen LogP contribution is -2.52. The summed E-state index contributed by atoms with van der Waals surface area (Å²) in [5.41, 5.74) is 3.16. The first-order valence-corrected chi connectivity index (χ1v) is 14.1. The Bertz CT molecular complexity index is 1350. The molecule has 2 unspecified atom stereocenters. The van der Waals surface area contributed by atoms with E-state index in [4.69, 9.17) is 0 Å². The number of nitrogens with one attached hydrogen (secondary N) is 1. The van der Waals surface area contributed by atoms with Gasteiger partial charge in [0.2, 0.25) is 11.8 Å². The van der Waals surface area contributed by atoms with Crippen molar-refractivity contribution in [1.82, 2.24) is 10.2 Å². The van der Waals surface area contributed by atoms with E-state index in [9.17, 15) is 9.59 Å². The van der Waals surface area contributed by atoms with Gasteiger partial charge in [0.15, 0.2) is 0 Å². The summed E-state index contributed by atoms with van der Waals surface area (Å²) in [5.74, 6) is -0.139. The van der Waals surface area contributed by atoms with Gasteiger partial charge in [0.25, 0.3) is 0 Å². The average molecular weight is 572 g/mol. The van der Waals surface area contributed by atoms with Gasteiger partial charge in [-0.25, -0.2) is 0 Å². The molecule has 0 aromatic heterocycles. The summed E-state index contributed by atoms with van der Waals surface area (Å²) in [7, 11) is 0. The molecule has 1 N–H and O–H groups in total. The Labute approximate surface area is 234 Å². The third-order valence-electron chi connectivity index (χ3n) is 7.03. The number of hydrogen-bond acceptors (Lipinski definition) is 2. The van der Waals surface area contributed by atoms with E-state index >= 15 is 0 Å². The van der Waals surface area contributed by atoms with Gasteiger partial charge in [0.05, 0.1) is 0 Å². The first kappa shape index (κ1) is 27.6. The number of hydrogen-bond donors (Lipinski definition) is 1. The molecule has 5 heteroatoms. The van der Waals surface area contributed by atoms with Gasteiger partial charge in [-0.1, -0.05) is 108 Å². The van der Waals surface area contributed by atoms with Crippen LogP contribution in [-0.4, -0.2) is 28.8 Å². The molecule has 0 aliphatic heterocycles. The molecule has 0 aliphatic rings. The predicted molar refractivity (Wildman–Crippen MR) is 159 cm³/mol. The van der Waals surface area contributed by atoms with Gasteiger partial charge in [-0.15, -0.1) is 0 Å². The highest BCUT2D eigenvalue weighted by molar-refractivity contribution is 9.10. The summed E-state index contributed by atoms with van der Waals surface area (Å²) < 4.78 is 0.977. The van der Waals surface area contributed by atoms with Crippen molar-refractivity contribution in [2.24, 2.45) is 0 Å². The Hall–Kier alpha value is -3.44. The first-order chi connectivity index (χ1) is 18.4. The van der Waals surface area contributed by atoms with E-state index in [2.05, 4.69) is 45.5 Å². The second-order valence-electron chi connectivity index (χ2n) is 9.81. The molecule has 38 heavy (non-hydrogen) atoms. The van der Waals surface area contributed by atoms with Crippen molar-refractivity contribution in [3.63, 3.8) is 0 Å². The summed E-state index contributed by atoms with van der Waals surface area (Å²) in [6.45, 7) is 4.41. The lowest BCUT2D eigenvalue weighted by Gasteiger charge is -2.32. The SMILES string of the molecule is CCC(C)NC(=O)C(Cc1ccccc1)N(Cc1ccc(Br)cc1)C(=O)CCc1cccc2ccccc12. The molecule has 196 valence electrons. The van der Waals surface area contributed by atoms with E-state index < -0.39 is 6.04 Å². The minimum absolute atomic E-state index is 0.0268. The fourth-order valence-corrected chi connectivity index (χ4v) is 4.94. The zero-order chi connectivity index (χ0) is 26.9. The number of fused-ring (bicyclic) bond motifs is 1. The van der Waals surface area contributed by atoms with E-state index in [0.29, 0.717) is 25.8 Å². The third-order valence-corrected chi connectivity index (χ3v) is 7.56. The summed E-state index contributed by atoms with van der Waals surface area (Å²) >= 11 is 3.50. The van der Waals surface area contributed by atoms with Crippen LogP contribution in [0, 0.1) is 0 Å². The van der Waals surface area contributed by atoms with Crippen LogP contribution in [-0.2, 0) is 29.0 Å². The Morgan fingerprint density at radius 3 is 2.26 bits per heavy atom. The third kappa shape index (κ3) is 7.32. The van der Waals surface area contributed by atoms with E-state index in [1.807, 2.05) is 86.6 Å². The molecule has 0 bridgehead atoms. The van der Waals surface area contributed by atoms with Crippen molar-refractivity contribution >= 4 is 38.5 Å². The lowest BCUT2D eigenvalue weighted by atomic mass is 9.99. The van der Waals surface area contributed by atoms with Gasteiger partial charge >= 0.3 is 0 Å². The van der Waals surface area contributed by atoms with Crippen LogP contribution in [0.5, 0.6) is 0 Å². The first-order valence-electron chi connectivity index (χ1n) is 13.3. The van der Waals surface area contributed by atoms with Crippen molar-refractivity contribution in [3.8, 4) is 0 Å². The van der Waals surface area contributed by atoms with Crippen LogP contribution in [0.3, 0.4) is 0 Å². The van der Waals surface area contributed by atoms with Gasteiger partial charge in [-0.2, -0.15) is 0 Å². The minimum atomic E-state index is -0.616. The van der Waals surface area contributed by atoms with Crippen LogP contribution < -0.4 is 5.32 Å². The summed E-state index contributed by atoms with van der Waals surface area (Å²) in [6, 6.07) is 31.8. The highest BCUT2D eigenvalue weighted by atomic mass is 79.9. The molecule has 2 amide bonds. The van der Waals surface area contributed by atoms with Crippen molar-refractivity contribution < 1.29 is 9.59 Å². The van der Waals surface area contributed by atoms with Crippen molar-refractivity contribution in [2.75, 3.05) is 0 Å². The lowest BCUT2D eigenvalue weighted by molar-refractivity contribution is -0.141. The average Bonchev–Trinajstić information content (AvgIpc) is 2.95. The Balaban J connectivity index is 1.64. The van der Waals surface area contributed by atoms with Gasteiger partial charge in [0, 0.05) is 29.9 Å². The van der Waals surface area contributed by atoms with Gasteiger partial charge < -0.3 is 10.2 Å². The van der Waals surface area contributed by atoms with E-state index in [-0.39, 0.29) is 17.9 Å². The number of carbonyl (C=O) groups excluding carboxylic acids is 2. The standard InChI is InChI=1S/C33H35BrN2O2/c1-3-24(2)35-33(38)31(22-25-10-5-4-6-11-25)36(23-26-16-19-29(34)20-17-26)32(37)21-18-28-14-9-13-27-12-7-8-15-30(27)28/h4-17,19-20,24,31H,3,18,21-23H2,1-2H3,(H,35,38). The number of carbonyl (C=O) groups is 2. The van der Waals surface area contributed by atoms with Crippen molar-refractivity contribution in [1.29, 1.82) is 0 Å². The number of aryl methyl sites for hydroxylation is 1. The quantitative estimate of drug-likeness (QED) is 0.209. The fraction of sp³-hybridized carbons (Fsp3) is 0.273. The van der Waals surface area contributed by atoms with E-state index in [0.717, 1.165) is 33.0 Å². The maximum atomic E-state index is 14.0. The second-order valence-corrected chi connectivity index (χ2v) is 10.7. The zero-order valence-corrected chi connectivity index (χ0v) is 23.7. The topological polar surface area (TPSA) is 49.4 Å². The molecular weight excluding hydrogens is 536 g/mol. The monoisotopic (exact) mass is 570 g/mol. The molecule has 0 spiro atoms. The molecule has 2 atom stereocenters. The molecule has 0 radical (unpaired) electrons. The number of benzene rings is 4. The van der Waals surface area contributed by atoms with Crippen LogP contribution in [0.2, 0.25) is 0 Å². The smallest absolute Gasteiger partial charge is 0.243 e. The zero-order valence-electron chi connectivity index (χ0n) is 22.1. The maximum Gasteiger partial charge on any atom is 0.243 e. The molecule has 0 heterocycles. The van der Waals surface area contributed by atoms with Crippen LogP contribution in [0.4, 0.5) is 0 Å². The molecule has 0 fully saturated rings. The largest absolute Gasteiger partial charge is 0.352 e. The molecule has 4 aromatic rings. The molecule has 0 saturated carbocycles. The highest BCUT2D eigenvalue weighted by Crippen LogP contribution is 2.22. The molecule has 0 saturated heterocycles. The molecule has 4 rings (SSSR count). The normalized spacial score (nSPS) is 12.6. The molecular formula is C33H35BrN2O2. The van der Waals surface area contributed by atoms with Crippen LogP contribution in [0.15, 0.2) is 102 Å². The number of nitrogens with zero attached hydrogens (tertiary/aromatic N) is 1. The van der Waals surface area contributed by atoms with E-state index in [1.54, 1.807) is 4.90 Å². The van der Waals surface area contributed by atoms with Gasteiger partial charge in [-0.05, 0) is 59.4 Å². The van der Waals surface area contributed by atoms with Gasteiger partial charge in [0.1, 0.15) is 6.04 Å². The van der Waals surface area contributed by atoms with Crippen LogP contribution in [0.1, 0.15) is 43.4 Å². The Morgan fingerprint density at radius 1 is 0.842 bits per heavy atom. The number of halogens is 1. The van der Waals surface area contributed by atoms with Crippen LogP contribution >= 0.6 is 15.9 Å². The number of amides is 2. The molecule has 4 aromatic carbocycles. The molecule has 0 aliphatic carbocycles. The molecule has 4 nitrogen and oxygen atoms in total. The minimum Gasteiger partial charge on any atom is -0.352 e. The summed E-state index contributed by atoms with van der Waals surface area (Å²) in [4.78, 5) is 29.4. The predicted octanol–water partition coefficient (Wildman–Crippen LogP) is 7.09. The summed E-state index contributed by atoms with van der Waals surface area (Å²) in [6.07, 6.45) is 2.22. The summed E-state index contributed by atoms with van der Waals surface area (Å²) in [5, 5.41) is 5.47. The maximum absolute atomic E-state index is 14.0. The van der Waals surface area contributed by atoms with Crippen molar-refractivity contribution in [2.45, 2.75) is 58.2 Å².